The average Bonchev–Trinajstić information content (AvgIpc) is 3.22. The lowest BCUT2D eigenvalue weighted by Gasteiger charge is -2.37. The highest BCUT2D eigenvalue weighted by molar-refractivity contribution is 7.98. The van der Waals surface area contributed by atoms with Crippen molar-refractivity contribution >= 4 is 62.4 Å². The summed E-state index contributed by atoms with van der Waals surface area (Å²) in [5.74, 6) is -2.79. The molecule has 52 heavy (non-hydrogen) atoms. The molecular formula is C39H50N2O8S3. The number of amides is 1. The van der Waals surface area contributed by atoms with Gasteiger partial charge in [-0.05, 0) is 61.2 Å². The quantitative estimate of drug-likeness (QED) is 0.103. The highest BCUT2D eigenvalue weighted by Crippen LogP contribution is 2.47. The minimum absolute atomic E-state index is 0.000823. The van der Waals surface area contributed by atoms with Crippen molar-refractivity contribution in [2.24, 2.45) is 11.3 Å². The molecule has 2 atom stereocenters. The summed E-state index contributed by atoms with van der Waals surface area (Å²) in [6.07, 6.45) is 8.61. The first-order valence-electron chi connectivity index (χ1n) is 17.6. The van der Waals surface area contributed by atoms with Crippen molar-refractivity contribution in [1.29, 1.82) is 0 Å². The third-order valence-electron chi connectivity index (χ3n) is 9.43. The highest BCUT2D eigenvalue weighted by Gasteiger charge is 2.42. The van der Waals surface area contributed by atoms with Crippen LogP contribution in [0.5, 0.6) is 11.5 Å². The number of ketones is 1. The van der Waals surface area contributed by atoms with Gasteiger partial charge in [0, 0.05) is 35.9 Å². The van der Waals surface area contributed by atoms with E-state index in [9.17, 15) is 33.0 Å². The Bertz CT molecular complexity index is 1780. The number of hydrogen-bond acceptors (Lipinski definition) is 10. The predicted octanol–water partition coefficient (Wildman–Crippen LogP) is 7.67. The summed E-state index contributed by atoms with van der Waals surface area (Å²) >= 11 is 2.68. The standard InChI is InChI=1S/C39H50N2O8S3/c1-5-7-18-39(19-8-6-2)25-41(29-12-10-9-11-13-29)31-21-34(51-4)33(22-35(31)52(47,48)26-39)49-23-36(44)40-37(27-14-16-30(42)17-15-27)32(43)20-28(24-50-3)38(45)46/h9-17,21-22,28,37,42H,5-8,18-20,23-26H2,1-4H3,(H,40,44)(H,45,46)/t28-,37+/m0/s1. The molecule has 0 unspecified atom stereocenters. The lowest BCUT2D eigenvalue weighted by molar-refractivity contribution is -0.143. The van der Waals surface area contributed by atoms with Crippen molar-refractivity contribution in [1.82, 2.24) is 5.32 Å². The number of carboxylic acids is 1. The van der Waals surface area contributed by atoms with Crippen LogP contribution in [0.3, 0.4) is 0 Å². The molecule has 1 heterocycles. The molecule has 0 bridgehead atoms. The van der Waals surface area contributed by atoms with Gasteiger partial charge in [0.1, 0.15) is 17.5 Å². The van der Waals surface area contributed by atoms with Crippen molar-refractivity contribution in [3.8, 4) is 11.5 Å². The first-order chi connectivity index (χ1) is 24.9. The largest absolute Gasteiger partial charge is 0.508 e. The number of ether oxygens (including phenoxy) is 1. The molecule has 0 radical (unpaired) electrons. The van der Waals surface area contributed by atoms with Gasteiger partial charge in [-0.3, -0.25) is 14.4 Å². The van der Waals surface area contributed by atoms with Crippen molar-refractivity contribution < 1.29 is 37.8 Å². The fourth-order valence-electron chi connectivity index (χ4n) is 6.72. The number of unbranched alkanes of at least 4 members (excludes halogenated alkanes) is 2. The summed E-state index contributed by atoms with van der Waals surface area (Å²) < 4.78 is 34.9. The van der Waals surface area contributed by atoms with E-state index in [0.717, 1.165) is 44.2 Å². The van der Waals surface area contributed by atoms with Crippen LogP contribution in [0.15, 0.2) is 76.5 Å². The second kappa shape index (κ2) is 18.9. The molecule has 13 heteroatoms. The van der Waals surface area contributed by atoms with Gasteiger partial charge in [0.15, 0.2) is 22.2 Å². The Hall–Kier alpha value is -3.68. The Kier molecular flexibility index (Phi) is 14.9. The molecule has 3 aromatic rings. The number of nitrogens with zero attached hydrogens (tertiary/aromatic N) is 1. The number of hydrogen-bond donors (Lipinski definition) is 3. The average molecular weight is 771 g/mol. The van der Waals surface area contributed by atoms with E-state index in [4.69, 9.17) is 4.74 Å². The number of carboxylic acid groups (broad SMARTS) is 1. The summed E-state index contributed by atoms with van der Waals surface area (Å²) in [5.41, 5.74) is 1.37. The summed E-state index contributed by atoms with van der Waals surface area (Å²) in [6, 6.07) is 17.7. The number of para-hydroxylation sites is 1. The Morgan fingerprint density at radius 3 is 2.21 bits per heavy atom. The second-order valence-corrected chi connectivity index (χ2v) is 17.1. The topological polar surface area (TPSA) is 150 Å². The molecule has 1 aliphatic rings. The third kappa shape index (κ3) is 10.5. The van der Waals surface area contributed by atoms with Crippen molar-refractivity contribution in [3.63, 3.8) is 0 Å². The van der Waals surface area contributed by atoms with Gasteiger partial charge in [-0.2, -0.15) is 11.8 Å². The molecule has 0 saturated carbocycles. The molecule has 1 amide bonds. The summed E-state index contributed by atoms with van der Waals surface area (Å²) in [6.45, 7) is 4.26. The fourth-order valence-corrected chi connectivity index (χ4v) is 10.0. The van der Waals surface area contributed by atoms with Gasteiger partial charge < -0.3 is 25.2 Å². The number of nitrogens with one attached hydrogen (secondary N) is 1. The molecule has 3 N–H and O–H groups in total. The van der Waals surface area contributed by atoms with Crippen LogP contribution < -0.4 is 15.0 Å². The first kappa shape index (κ1) is 41.1. The number of benzene rings is 3. The first-order valence-corrected chi connectivity index (χ1v) is 21.9. The number of thioether (sulfide) groups is 2. The Balaban J connectivity index is 1.68. The number of aliphatic carboxylic acids is 1. The van der Waals surface area contributed by atoms with Gasteiger partial charge in [0.05, 0.1) is 27.1 Å². The maximum Gasteiger partial charge on any atom is 0.307 e. The van der Waals surface area contributed by atoms with Gasteiger partial charge in [-0.15, -0.1) is 11.8 Å². The van der Waals surface area contributed by atoms with Crippen LogP contribution >= 0.6 is 23.5 Å². The van der Waals surface area contributed by atoms with E-state index in [0.29, 0.717) is 22.7 Å². The van der Waals surface area contributed by atoms with E-state index in [1.54, 1.807) is 6.26 Å². The van der Waals surface area contributed by atoms with Crippen molar-refractivity contribution in [3.05, 3.63) is 72.3 Å². The van der Waals surface area contributed by atoms with Crippen LogP contribution in [0.4, 0.5) is 11.4 Å². The summed E-state index contributed by atoms with van der Waals surface area (Å²) in [7, 11) is -3.81. The number of sulfone groups is 1. The zero-order chi connectivity index (χ0) is 37.9. The molecule has 0 aromatic heterocycles. The zero-order valence-electron chi connectivity index (χ0n) is 30.3. The van der Waals surface area contributed by atoms with Gasteiger partial charge in [0.2, 0.25) is 0 Å². The van der Waals surface area contributed by atoms with Gasteiger partial charge >= 0.3 is 5.97 Å². The van der Waals surface area contributed by atoms with E-state index < -0.39 is 51.5 Å². The highest BCUT2D eigenvalue weighted by atomic mass is 32.2. The summed E-state index contributed by atoms with van der Waals surface area (Å²) in [4.78, 5) is 41.6. The molecule has 10 nitrogen and oxygen atoms in total. The molecule has 282 valence electrons. The molecule has 0 spiro atoms. The molecule has 4 rings (SSSR count). The smallest absolute Gasteiger partial charge is 0.307 e. The molecule has 0 fully saturated rings. The van der Waals surface area contributed by atoms with E-state index in [1.807, 2.05) is 42.7 Å². The van der Waals surface area contributed by atoms with Crippen LogP contribution in [-0.4, -0.2) is 73.5 Å². The van der Waals surface area contributed by atoms with Crippen LogP contribution in [0.25, 0.3) is 0 Å². The molecule has 1 aliphatic heterocycles. The van der Waals surface area contributed by atoms with E-state index in [1.165, 1.54) is 53.9 Å². The number of aromatic hydroxyl groups is 1. The Labute approximate surface area is 316 Å². The zero-order valence-corrected chi connectivity index (χ0v) is 32.7. The fraction of sp³-hybridized carbons (Fsp3) is 0.462. The maximum absolute atomic E-state index is 14.4. The second-order valence-electron chi connectivity index (χ2n) is 13.4. The predicted molar refractivity (Wildman–Crippen MR) is 209 cm³/mol. The SMILES string of the molecule is CCCCC1(CCCC)CN(c2ccccc2)c2cc(SC)c(OCC(=O)N[C@@H](C(=O)C[C@@H](CSC)C(=O)O)c3ccc(O)cc3)cc2S(=O)(=O)C1. The maximum atomic E-state index is 14.4. The van der Waals surface area contributed by atoms with Crippen molar-refractivity contribution in [2.75, 3.05) is 42.1 Å². The summed E-state index contributed by atoms with van der Waals surface area (Å²) in [5, 5.41) is 22.2. The van der Waals surface area contributed by atoms with Crippen LogP contribution in [-0.2, 0) is 24.2 Å². The van der Waals surface area contributed by atoms with E-state index >= 15 is 0 Å². The number of Topliss-reactive ketones (excluding diaryl/α,β-unsaturated/α-hetero) is 1. The van der Waals surface area contributed by atoms with Gasteiger partial charge in [0.25, 0.3) is 5.91 Å². The van der Waals surface area contributed by atoms with Gasteiger partial charge in [-0.1, -0.05) is 69.9 Å². The van der Waals surface area contributed by atoms with Crippen LogP contribution in [0.1, 0.15) is 70.4 Å². The van der Waals surface area contributed by atoms with E-state index in [2.05, 4.69) is 24.1 Å². The Morgan fingerprint density at radius 1 is 0.981 bits per heavy atom. The minimum Gasteiger partial charge on any atom is -0.508 e. The molecule has 3 aromatic carbocycles. The lowest BCUT2D eigenvalue weighted by atomic mass is 9.79. The molecule has 0 saturated heterocycles. The molecular weight excluding hydrogens is 721 g/mol. The van der Waals surface area contributed by atoms with E-state index in [-0.39, 0.29) is 34.3 Å². The molecule has 0 aliphatic carbocycles. The number of carbonyl (C=O) groups is 3. The van der Waals surface area contributed by atoms with Gasteiger partial charge in [-0.25, -0.2) is 8.42 Å². The number of anilines is 2. The normalized spacial score (nSPS) is 15.9. The van der Waals surface area contributed by atoms with Crippen LogP contribution in [0, 0.1) is 11.3 Å². The monoisotopic (exact) mass is 770 g/mol. The third-order valence-corrected chi connectivity index (χ3v) is 12.9. The number of carbonyl (C=O) groups excluding carboxylic acids is 2. The lowest BCUT2D eigenvalue weighted by Crippen LogP contribution is -2.38. The minimum atomic E-state index is -3.81. The number of phenols is 1. The Morgan fingerprint density at radius 2 is 1.63 bits per heavy atom. The van der Waals surface area contributed by atoms with Crippen LogP contribution in [0.2, 0.25) is 0 Å². The number of phenolic OH excluding ortho intramolecular Hbond substituents is 1. The van der Waals surface area contributed by atoms with Crippen molar-refractivity contribution in [2.45, 2.75) is 74.6 Å². The number of fused-ring (bicyclic) bond motifs is 1. The number of rotatable bonds is 19.